The zero-order chi connectivity index (χ0) is 41.2. The van der Waals surface area contributed by atoms with Gasteiger partial charge < -0.3 is 37.4 Å². The van der Waals surface area contributed by atoms with Crippen molar-refractivity contribution in [1.82, 2.24) is 14.8 Å². The van der Waals surface area contributed by atoms with E-state index in [1.807, 2.05) is 50.2 Å². The lowest BCUT2D eigenvalue weighted by Crippen LogP contribution is -2.70. The summed E-state index contributed by atoms with van der Waals surface area (Å²) in [5.74, 6) is -0.806. The van der Waals surface area contributed by atoms with Crippen LogP contribution in [0.1, 0.15) is 118 Å². The molecular weight excluding hydrogens is 749 g/mol. The summed E-state index contributed by atoms with van der Waals surface area (Å²) >= 11 is 1.80. The molecule has 58 heavy (non-hydrogen) atoms. The van der Waals surface area contributed by atoms with Crippen molar-refractivity contribution in [3.8, 4) is 0 Å². The molecule has 13 heteroatoms. The Morgan fingerprint density at radius 1 is 0.793 bits per heavy atom. The van der Waals surface area contributed by atoms with Crippen molar-refractivity contribution in [2.24, 2.45) is 17.4 Å². The summed E-state index contributed by atoms with van der Waals surface area (Å²) in [7, 11) is 0. The number of hydrogen-bond acceptors (Lipinski definition) is 11. The van der Waals surface area contributed by atoms with E-state index in [-0.39, 0.29) is 36.9 Å². The Bertz CT molecular complexity index is 2210. The molecule has 9 atom stereocenters. The van der Waals surface area contributed by atoms with Crippen molar-refractivity contribution in [2.45, 2.75) is 144 Å². The van der Waals surface area contributed by atoms with Gasteiger partial charge in [0.25, 0.3) is 0 Å². The second kappa shape index (κ2) is 13.3. The molecule has 308 valence electrons. The number of thiazole rings is 1. The van der Waals surface area contributed by atoms with Crippen molar-refractivity contribution in [3.05, 3.63) is 69.2 Å². The van der Waals surface area contributed by atoms with Crippen LogP contribution < -0.4 is 27.8 Å². The van der Waals surface area contributed by atoms with Gasteiger partial charge in [0, 0.05) is 69.2 Å². The van der Waals surface area contributed by atoms with Crippen LogP contribution in [0.15, 0.2) is 36.4 Å². The van der Waals surface area contributed by atoms with Crippen LogP contribution in [-0.2, 0) is 53.9 Å². The van der Waals surface area contributed by atoms with Gasteiger partial charge in [-0.15, -0.1) is 11.3 Å². The van der Waals surface area contributed by atoms with E-state index in [2.05, 4.69) is 28.5 Å². The number of carbonyl (C=O) groups excluding carboxylic acids is 4. The van der Waals surface area contributed by atoms with Gasteiger partial charge in [0.1, 0.15) is 23.7 Å². The van der Waals surface area contributed by atoms with Crippen molar-refractivity contribution in [1.29, 1.82) is 0 Å². The molecule has 3 aliphatic heterocycles. The molecule has 3 saturated heterocycles. The predicted molar refractivity (Wildman–Crippen MR) is 226 cm³/mol. The van der Waals surface area contributed by atoms with E-state index < -0.39 is 39.3 Å². The number of amides is 2. The topological polar surface area (TPSA) is 195 Å². The molecule has 5 unspecified atom stereocenters. The number of benzene rings is 2. The summed E-state index contributed by atoms with van der Waals surface area (Å²) in [6, 6.07) is 11.4. The van der Waals surface area contributed by atoms with Crippen LogP contribution in [0.4, 0.5) is 16.5 Å². The number of carbonyl (C=O) groups is 4. The molecule has 5 aliphatic carbocycles. The fraction of sp³-hybridized carbons (Fsp3) is 0.578. The van der Waals surface area contributed by atoms with Crippen molar-refractivity contribution < 1.29 is 19.2 Å². The minimum absolute atomic E-state index is 0.00152. The first-order valence-corrected chi connectivity index (χ1v) is 22.1. The standard InChI is InChI=1S/C45H58N8O4S/c1-26-19-35(34-10-7-17-51(34)44(24-54)29-15-13-27(20-31(29)46)41(44,2)22-38(48)56)53(40-50-33-9-5-6-11-36(33)58-40)43(26,4)37-12-8-18-52(37)45(25-55)30-16-14-28(21-32(30)47)42(45,3)23-39(49)57/h13-16,20-21,24-26,34-35,37H,5-12,17-19,22-23,46-47H2,1-4H3,(H2,48,56)(H2,49,57)/t26?,34?,35-,37?,41?,42?,43-,44-,45-/m1/s1. The number of aryl methyl sites for hydroxylation is 2. The van der Waals surface area contributed by atoms with E-state index in [1.54, 1.807) is 11.3 Å². The van der Waals surface area contributed by atoms with Crippen LogP contribution in [-0.4, -0.2) is 75.9 Å². The summed E-state index contributed by atoms with van der Waals surface area (Å²) in [6.45, 7) is 10.00. The molecule has 4 bridgehead atoms. The molecular formula is C45H58N8O4S. The van der Waals surface area contributed by atoms with Gasteiger partial charge in [-0.3, -0.25) is 19.4 Å². The Hall–Kier alpha value is -4.33. The van der Waals surface area contributed by atoms with E-state index in [0.717, 1.165) is 97.7 Å². The second-order valence-corrected chi connectivity index (χ2v) is 20.0. The maximum Gasteiger partial charge on any atom is 0.218 e. The quantitative estimate of drug-likeness (QED) is 0.158. The molecule has 3 fully saturated rings. The molecule has 2 aromatic carbocycles. The average molecular weight is 807 g/mol. The van der Waals surface area contributed by atoms with Crippen LogP contribution in [0.3, 0.4) is 0 Å². The smallest absolute Gasteiger partial charge is 0.218 e. The zero-order valence-corrected chi connectivity index (χ0v) is 35.1. The van der Waals surface area contributed by atoms with Gasteiger partial charge in [-0.1, -0.05) is 45.0 Å². The zero-order valence-electron chi connectivity index (χ0n) is 34.3. The molecule has 1 aromatic heterocycles. The molecule has 8 aliphatic rings. The first kappa shape index (κ1) is 39.1. The van der Waals surface area contributed by atoms with Crippen molar-refractivity contribution in [2.75, 3.05) is 29.5 Å². The summed E-state index contributed by atoms with van der Waals surface area (Å²) in [5, 5.41) is 0.987. The van der Waals surface area contributed by atoms with Gasteiger partial charge in [-0.25, -0.2) is 4.98 Å². The van der Waals surface area contributed by atoms with Gasteiger partial charge in [0.2, 0.25) is 11.8 Å². The lowest BCUT2D eigenvalue weighted by Gasteiger charge is -2.59. The Morgan fingerprint density at radius 2 is 1.34 bits per heavy atom. The summed E-state index contributed by atoms with van der Waals surface area (Å²) in [6.07, 6.45) is 10.5. The highest BCUT2D eigenvalue weighted by atomic mass is 32.1. The molecule has 3 aromatic rings. The number of primary amides is 2. The maximum atomic E-state index is 14.2. The number of nitrogens with zero attached hydrogens (tertiary/aromatic N) is 4. The number of rotatable bonds is 11. The lowest BCUT2D eigenvalue weighted by atomic mass is 9.56. The second-order valence-electron chi connectivity index (χ2n) is 19.0. The number of anilines is 3. The Balaban J connectivity index is 1.21. The molecule has 2 amide bonds. The minimum atomic E-state index is -1.22. The van der Waals surface area contributed by atoms with Gasteiger partial charge >= 0.3 is 0 Å². The minimum Gasteiger partial charge on any atom is -0.398 e. The molecule has 12 nitrogen and oxygen atoms in total. The number of nitrogen functional groups attached to an aromatic ring is 2. The fourth-order valence-electron chi connectivity index (χ4n) is 13.5. The molecule has 0 spiro atoms. The van der Waals surface area contributed by atoms with E-state index in [4.69, 9.17) is 27.9 Å². The summed E-state index contributed by atoms with van der Waals surface area (Å²) in [4.78, 5) is 68.2. The van der Waals surface area contributed by atoms with Crippen LogP contribution >= 0.6 is 11.3 Å². The number of aldehydes is 2. The third-order valence-electron chi connectivity index (χ3n) is 16.3. The summed E-state index contributed by atoms with van der Waals surface area (Å²) < 4.78 is 0. The van der Waals surface area contributed by atoms with Crippen LogP contribution in [0, 0.1) is 5.92 Å². The number of fused-ring (bicyclic) bond motifs is 7. The lowest BCUT2D eigenvalue weighted by molar-refractivity contribution is -0.132. The third-order valence-corrected chi connectivity index (χ3v) is 17.5. The first-order valence-electron chi connectivity index (χ1n) is 21.2. The number of aromatic nitrogens is 1. The summed E-state index contributed by atoms with van der Waals surface area (Å²) in [5.41, 5.74) is 26.1. The van der Waals surface area contributed by atoms with Crippen LogP contribution in [0.2, 0.25) is 0 Å². The van der Waals surface area contributed by atoms with E-state index in [0.29, 0.717) is 24.5 Å². The maximum absolute atomic E-state index is 14.2. The van der Waals surface area contributed by atoms with Crippen LogP contribution in [0.5, 0.6) is 0 Å². The average Bonchev–Trinajstić information content (AvgIpc) is 3.99. The largest absolute Gasteiger partial charge is 0.398 e. The van der Waals surface area contributed by atoms with E-state index in [1.165, 1.54) is 10.6 Å². The normalized spacial score (nSPS) is 36.7. The van der Waals surface area contributed by atoms with Gasteiger partial charge in [0.15, 0.2) is 5.13 Å². The first-order chi connectivity index (χ1) is 27.6. The van der Waals surface area contributed by atoms with Crippen molar-refractivity contribution >= 4 is 52.2 Å². The monoisotopic (exact) mass is 806 g/mol. The SMILES string of the molecule is CC1C[C@H](C2CCCN2[C@]2(C=O)c3ccc(cc3N)C2(C)CC(N)=O)N(c2nc3c(s2)CCCC3)[C@@]1(C)C1CCCN1[C@]1(C=O)c2ccc(cc2N)C1(C)CC(N)=O. The van der Waals surface area contributed by atoms with E-state index >= 15 is 0 Å². The van der Waals surface area contributed by atoms with Crippen molar-refractivity contribution in [3.63, 3.8) is 0 Å². The predicted octanol–water partition coefficient (Wildman–Crippen LogP) is 4.57. The number of nitrogens with two attached hydrogens (primary N) is 4. The van der Waals surface area contributed by atoms with Gasteiger partial charge in [-0.2, -0.15) is 0 Å². The Morgan fingerprint density at radius 3 is 1.90 bits per heavy atom. The highest BCUT2D eigenvalue weighted by molar-refractivity contribution is 7.15. The number of likely N-dealkylation sites (tertiary alicyclic amines) is 2. The molecule has 0 saturated carbocycles. The van der Waals surface area contributed by atoms with E-state index in [9.17, 15) is 19.2 Å². The molecule has 8 N–H and O–H groups in total. The van der Waals surface area contributed by atoms with Gasteiger partial charge in [-0.05, 0) is 107 Å². The molecule has 4 heterocycles. The molecule has 0 radical (unpaired) electrons. The Labute approximate surface area is 345 Å². The number of hydrogen-bond donors (Lipinski definition) is 4. The van der Waals surface area contributed by atoms with Crippen LogP contribution in [0.25, 0.3) is 0 Å². The highest BCUT2D eigenvalue weighted by Crippen LogP contribution is 2.61. The van der Waals surface area contributed by atoms with Gasteiger partial charge in [0.05, 0.1) is 11.2 Å². The third kappa shape index (κ3) is 4.89. The Kier molecular flexibility index (Phi) is 9.00. The highest BCUT2D eigenvalue weighted by Gasteiger charge is 2.68. The molecule has 11 rings (SSSR count). The fourth-order valence-corrected chi connectivity index (χ4v) is 14.8.